The van der Waals surface area contributed by atoms with Crippen LogP contribution in [0.25, 0.3) is 242 Å². The summed E-state index contributed by atoms with van der Waals surface area (Å²) in [6.45, 7) is 4.59. The molecular weight excluding hydrogens is 1570 g/mol. The zero-order valence-corrected chi connectivity index (χ0v) is 72.4. The van der Waals surface area contributed by atoms with Gasteiger partial charge in [-0.2, -0.15) is 0 Å². The molecule has 3 nitrogen and oxygen atoms in total. The van der Waals surface area contributed by atoms with E-state index in [1.165, 1.54) is 51.9 Å². The fourth-order valence-corrected chi connectivity index (χ4v) is 19.7. The van der Waals surface area contributed by atoms with Crippen LogP contribution in [0.4, 0.5) is 0 Å². The van der Waals surface area contributed by atoms with Crippen LogP contribution in [-0.4, -0.2) is 0 Å². The minimum atomic E-state index is -0.0670. The third-order valence-electron chi connectivity index (χ3n) is 25.5. The van der Waals surface area contributed by atoms with E-state index in [1.807, 2.05) is 237 Å². The van der Waals surface area contributed by atoms with E-state index in [4.69, 9.17) is 59.2 Å². The first kappa shape index (κ1) is 57.4. The van der Waals surface area contributed by atoms with E-state index >= 15 is 0 Å². The van der Waals surface area contributed by atoms with Gasteiger partial charge < -0.3 is 13.3 Å². The predicted octanol–water partition coefficient (Wildman–Crippen LogP) is 39.7. The van der Waals surface area contributed by atoms with Gasteiger partial charge >= 0.3 is 0 Å². The molecule has 26 rings (SSSR count). The summed E-state index contributed by atoms with van der Waals surface area (Å²) in [5, 5.41) is 14.6. The molecule has 130 heavy (non-hydrogen) atoms. The maximum Gasteiger partial charge on any atom is 0.143 e. The highest BCUT2D eigenvalue weighted by molar-refractivity contribution is 6.26. The molecule has 0 atom stereocenters. The van der Waals surface area contributed by atoms with E-state index in [0.717, 1.165) is 187 Å². The lowest BCUT2D eigenvalue weighted by atomic mass is 9.82. The van der Waals surface area contributed by atoms with E-state index in [1.54, 1.807) is 54.6 Å². The van der Waals surface area contributed by atoms with Crippen LogP contribution in [0.15, 0.2) is 462 Å². The molecule has 3 aromatic heterocycles. The minimum Gasteiger partial charge on any atom is -0.456 e. The van der Waals surface area contributed by atoms with Gasteiger partial charge in [-0.25, -0.2) is 0 Å². The molecule has 0 spiro atoms. The number of fused-ring (bicyclic) bond motifs is 18. The Hall–Kier alpha value is -16.2. The maximum absolute atomic E-state index is 9.44. The topological polar surface area (TPSA) is 39.4 Å². The molecule has 22 aromatic carbocycles. The standard InChI is InChI=1S/C47H32O.2C38H24O.4CH4.9H2/c1-47(2)41-22-11-10-15-33(41)40-27-30(24-26-42(40)47)32-20-12-21-39-34-25-23-31(28-43(34)48-46(32)39)45-37-18-8-6-16-35(37)44(29-13-4-3-5-14-29)36-17-7-9-19-38(36)45;1-3-12-25(13-4-1)28-20-11-21-34-29-23-22-27(24-35(29)39-38(28)34)37-32-18-9-7-16-30(32)36(26-14-5-2-6-15-26)31-17-8-10-19-33(31)37;1-3-11-25(12-4-1)27-19-21-29-30-22-20-28(24-36(30)39-35(29)23-27)38-33-17-9-7-15-31(33)37(26-13-5-2-6-14-26)32-16-8-10-18-34(32)38;;;;;;;;;;;;;/h3-28H,1-2H3;2*1-24H;4*1H4;9*1H/i6D,9D,16D,19D;1D,7D,8D,9D,10D;15D,20D,22D,24D;4*1D;9*1+1D. The summed E-state index contributed by atoms with van der Waals surface area (Å²) in [5.41, 5.74) is 24.9. The normalized spacial score (nSPS) is 14.1. The zero-order valence-electron chi connectivity index (χ0n) is 107. The number of furan rings is 3. The molecular formula is C127H114O3. The Kier molecular flexibility index (Phi) is 14.8. The fourth-order valence-electron chi connectivity index (χ4n) is 19.7. The lowest BCUT2D eigenvalue weighted by molar-refractivity contribution is 0.660. The Balaban J connectivity index is 0.000000212. The number of hydrogen-bond donors (Lipinski definition) is 0. The van der Waals surface area contributed by atoms with Crippen LogP contribution >= 0.6 is 0 Å². The second-order valence-electron chi connectivity index (χ2n) is 32.8. The summed E-state index contributed by atoms with van der Waals surface area (Å²) >= 11 is 0. The highest BCUT2D eigenvalue weighted by atomic mass is 16.3. The molecule has 0 unspecified atom stereocenters. The Morgan fingerprint density at radius 3 is 1.10 bits per heavy atom. The largest absolute Gasteiger partial charge is 0.456 e. The quantitative estimate of drug-likeness (QED) is 0.135. The van der Waals surface area contributed by atoms with Crippen LogP contribution in [0.3, 0.4) is 0 Å². The molecule has 0 saturated carbocycles. The molecule has 0 amide bonds. The van der Waals surface area contributed by atoms with Crippen molar-refractivity contribution in [3.8, 4) is 111 Å². The van der Waals surface area contributed by atoms with Crippen LogP contribution in [0.5, 0.6) is 0 Å². The van der Waals surface area contributed by atoms with Gasteiger partial charge in [0.15, 0.2) is 0 Å². The number of hydrogen-bond acceptors (Lipinski definition) is 3. The highest BCUT2D eigenvalue weighted by Gasteiger charge is 2.36. The van der Waals surface area contributed by atoms with Crippen LogP contribution in [-0.2, 0) is 5.41 Å². The van der Waals surface area contributed by atoms with Crippen molar-refractivity contribution in [2.45, 2.75) is 48.9 Å². The predicted molar refractivity (Wildman–Crippen MR) is 579 cm³/mol. The zero-order chi connectivity index (χ0) is 121. The Labute approximate surface area is 810 Å². The minimum absolute atomic E-state index is 0.0263. The van der Waals surface area contributed by atoms with Gasteiger partial charge in [0.25, 0.3) is 0 Å². The average molecular weight is 1720 g/mol. The van der Waals surface area contributed by atoms with Gasteiger partial charge in [-0.1, -0.05) is 438 Å². The molecule has 3 heteroatoms. The molecule has 1 aliphatic carbocycles. The molecule has 3 heterocycles. The third-order valence-corrected chi connectivity index (χ3v) is 25.5. The van der Waals surface area contributed by atoms with Gasteiger partial charge in [-0.05, 0) is 230 Å². The summed E-state index contributed by atoms with van der Waals surface area (Å²) in [5.74, 6) is 0. The van der Waals surface area contributed by atoms with Crippen LogP contribution in [0.1, 0.15) is 105 Å². The summed E-state index contributed by atoms with van der Waals surface area (Å²) in [4.78, 5) is 0. The fraction of sp³-hybridized carbons (Fsp3) is 0.0551. The van der Waals surface area contributed by atoms with Crippen LogP contribution in [0.2, 0.25) is 0 Å². The molecule has 0 N–H and O–H groups in total. The molecule has 640 valence electrons. The van der Waals surface area contributed by atoms with E-state index in [2.05, 4.69) is 92.7 Å². The van der Waals surface area contributed by atoms with Crippen LogP contribution < -0.4 is 0 Å². The van der Waals surface area contributed by atoms with Crippen molar-refractivity contribution in [1.82, 2.24) is 0 Å². The number of para-hydroxylation sites is 2. The van der Waals surface area contributed by atoms with Crippen molar-refractivity contribution in [2.75, 3.05) is 0 Å². The lowest BCUT2D eigenvalue weighted by Crippen LogP contribution is -2.14. The van der Waals surface area contributed by atoms with E-state index in [0.29, 0.717) is 56.1 Å². The van der Waals surface area contributed by atoms with Gasteiger partial charge in [0, 0.05) is 81.1 Å². The Bertz CT molecular complexity index is 9490. The highest BCUT2D eigenvalue weighted by Crippen LogP contribution is 2.53. The molecule has 0 bridgehead atoms. The first-order valence-electron chi connectivity index (χ1n) is 61.9. The Morgan fingerprint density at radius 1 is 0.208 bits per heavy atom. The van der Waals surface area contributed by atoms with Gasteiger partial charge in [-0.15, -0.1) is 0 Å². The molecule has 1 aliphatic rings. The molecule has 0 saturated heterocycles. The smallest absolute Gasteiger partial charge is 0.143 e. The molecule has 0 radical (unpaired) electrons. The summed E-state index contributed by atoms with van der Waals surface area (Å²) in [7, 11) is 5.00. The second kappa shape index (κ2) is 33.6. The second-order valence-corrected chi connectivity index (χ2v) is 32.8. The van der Waals surface area contributed by atoms with E-state index in [-0.39, 0.29) is 71.9 Å². The summed E-state index contributed by atoms with van der Waals surface area (Å²) in [6.07, 6.45) is 0. The van der Waals surface area contributed by atoms with Crippen molar-refractivity contribution in [3.05, 3.63) is 460 Å². The third kappa shape index (κ3) is 13.6. The Morgan fingerprint density at radius 2 is 0.562 bits per heavy atom. The van der Waals surface area contributed by atoms with Gasteiger partial charge in [-0.3, -0.25) is 0 Å². The van der Waals surface area contributed by atoms with Crippen molar-refractivity contribution < 1.29 is 63.3 Å². The van der Waals surface area contributed by atoms with Crippen molar-refractivity contribution in [3.63, 3.8) is 0 Å². The van der Waals surface area contributed by atoms with Gasteiger partial charge in [0.05, 0.1) is 17.8 Å². The molecule has 0 fully saturated rings. The van der Waals surface area contributed by atoms with Gasteiger partial charge in [0.2, 0.25) is 0 Å². The molecule has 25 aromatic rings. The van der Waals surface area contributed by atoms with Crippen molar-refractivity contribution >= 4 is 130 Å². The number of rotatable bonds is 9. The monoisotopic (exact) mass is 1720 g/mol. The van der Waals surface area contributed by atoms with Crippen LogP contribution in [0, 0.1) is 0 Å². The summed E-state index contributed by atoms with van der Waals surface area (Å²) in [6, 6.07) is 123. The van der Waals surface area contributed by atoms with Crippen molar-refractivity contribution in [2.24, 2.45) is 0 Å². The first-order chi connectivity index (χ1) is 80.6. The SMILES string of the molecule is [2H]C.[2H]C.[2H]C.[2H]C.[2H][2H].[2H][2H].[2H][2H].[2H][2H].[2H][2H].[2H][2H].[2H][2H].[2H][2H].[2H][2H].[2H]c1c(-c2c3ccccc3c(-c3ccccc3)c3c([2H])cccc23)c([2H])c2oc3cc(-c4ccccc4)ccc3c2c1[2H].[2H]c1ccc(-c2cccc3c2oc2cc(-c4c5cc([2H])c([2H])cc5c(-c5ccccc5)c5cc([2H])c([2H])cc45)ccc23)cc1.[2H]c1ccc2c(-c3ccc4c(c3)oc3c(-c5ccc6c(c5)-c5ccccc5C6(C)C)cccc34)c3c([2H])c([2H])ccc3c(-c3ccccc3)c2c1[2H]. The number of benzene rings is 22. The first-order valence-corrected chi connectivity index (χ1v) is 42.4. The maximum atomic E-state index is 9.44. The molecule has 0 aliphatic heterocycles. The van der Waals surface area contributed by atoms with E-state index in [9.17, 15) is 4.11 Å². The van der Waals surface area contributed by atoms with Crippen molar-refractivity contribution in [1.29, 1.82) is 0 Å². The summed E-state index contributed by atoms with van der Waals surface area (Å²) < 4.78 is 247. The van der Waals surface area contributed by atoms with Gasteiger partial charge in [0.1, 0.15) is 33.5 Å². The lowest BCUT2D eigenvalue weighted by Gasteiger charge is -2.21. The average Bonchev–Trinajstić information content (AvgIpc) is 1.61. The van der Waals surface area contributed by atoms with E-state index < -0.39 is 0 Å².